The molecule has 2 aromatic rings. The van der Waals surface area contributed by atoms with Crippen LogP contribution in [0.2, 0.25) is 0 Å². The van der Waals surface area contributed by atoms with Crippen LogP contribution in [0.4, 0.5) is 0 Å². The molecule has 20 heavy (non-hydrogen) atoms. The Hall–Kier alpha value is -2.11. The third-order valence-corrected chi connectivity index (χ3v) is 2.89. The third-order valence-electron chi connectivity index (χ3n) is 2.89. The van der Waals surface area contributed by atoms with Gasteiger partial charge < -0.3 is 19.7 Å². The van der Waals surface area contributed by atoms with Gasteiger partial charge in [-0.15, -0.1) is 0 Å². The van der Waals surface area contributed by atoms with Crippen LogP contribution in [0.1, 0.15) is 16.7 Å². The summed E-state index contributed by atoms with van der Waals surface area (Å²) in [6.07, 6.45) is 1.57. The fourth-order valence-corrected chi connectivity index (χ4v) is 1.81. The van der Waals surface area contributed by atoms with E-state index in [9.17, 15) is 0 Å². The molecule has 1 aromatic heterocycles. The Bertz CT molecular complexity index is 598. The molecule has 0 aliphatic carbocycles. The zero-order valence-electron chi connectivity index (χ0n) is 11.5. The highest BCUT2D eigenvalue weighted by molar-refractivity contribution is 5.45. The van der Waals surface area contributed by atoms with Gasteiger partial charge in [0.1, 0.15) is 0 Å². The molecule has 1 aromatic carbocycles. The summed E-state index contributed by atoms with van der Waals surface area (Å²) < 4.78 is 11.0. The monoisotopic (exact) mass is 275 g/mol. The highest BCUT2D eigenvalue weighted by atomic mass is 16.5. The smallest absolute Gasteiger partial charge is 0.222 e. The molecule has 0 spiro atoms. The van der Waals surface area contributed by atoms with E-state index in [0.29, 0.717) is 17.4 Å². The number of hydrogen-bond acceptors (Lipinski definition) is 5. The average molecular weight is 275 g/mol. The minimum Gasteiger partial charge on any atom is -0.493 e. The topological polar surface area (TPSA) is 71.8 Å². The Balaban J connectivity index is 2.29. The summed E-state index contributed by atoms with van der Waals surface area (Å²) in [5, 5.41) is 18.2. The second-order valence-corrected chi connectivity index (χ2v) is 4.37. The predicted molar refractivity (Wildman–Crippen MR) is 73.9 cm³/mol. The van der Waals surface area contributed by atoms with Gasteiger partial charge in [0.25, 0.3) is 0 Å². The van der Waals surface area contributed by atoms with Gasteiger partial charge in [-0.2, -0.15) is 0 Å². The van der Waals surface area contributed by atoms with Gasteiger partial charge in [0.15, 0.2) is 11.5 Å². The molecule has 0 aliphatic rings. The first kappa shape index (κ1) is 14.3. The summed E-state index contributed by atoms with van der Waals surface area (Å²) >= 11 is 0. The summed E-state index contributed by atoms with van der Waals surface area (Å²) in [5.41, 5.74) is 2.30. The van der Waals surface area contributed by atoms with Gasteiger partial charge in [0, 0.05) is 11.8 Å². The molecule has 5 heteroatoms. The van der Waals surface area contributed by atoms with Gasteiger partial charge in [-0.25, -0.2) is 4.98 Å². The number of methoxy groups -OCH3 is 1. The van der Waals surface area contributed by atoms with Crippen LogP contribution in [-0.4, -0.2) is 22.3 Å². The maximum Gasteiger partial charge on any atom is 0.222 e. The van der Waals surface area contributed by atoms with E-state index in [-0.39, 0.29) is 13.2 Å². The molecule has 0 atom stereocenters. The third kappa shape index (κ3) is 3.07. The van der Waals surface area contributed by atoms with Crippen LogP contribution in [0.15, 0.2) is 30.5 Å². The molecule has 0 radical (unpaired) electrons. The SMILES string of the molecule is COc1cc(CO)ccc1Oc1ncc(CO)cc1C. The summed E-state index contributed by atoms with van der Waals surface area (Å²) in [6.45, 7) is 1.75. The second kappa shape index (κ2) is 6.36. The molecule has 0 aliphatic heterocycles. The molecule has 0 amide bonds. The van der Waals surface area contributed by atoms with Crippen LogP contribution < -0.4 is 9.47 Å². The van der Waals surface area contributed by atoms with Crippen molar-refractivity contribution in [1.82, 2.24) is 4.98 Å². The number of ether oxygens (including phenoxy) is 2. The maximum atomic E-state index is 9.11. The summed E-state index contributed by atoms with van der Waals surface area (Å²) in [4.78, 5) is 4.18. The van der Waals surface area contributed by atoms with Crippen LogP contribution >= 0.6 is 0 Å². The molecule has 0 saturated heterocycles. The number of hydrogen-bond donors (Lipinski definition) is 2. The van der Waals surface area contributed by atoms with Gasteiger partial charge in [0.05, 0.1) is 20.3 Å². The number of aliphatic hydroxyl groups is 2. The summed E-state index contributed by atoms with van der Waals surface area (Å²) in [6, 6.07) is 7.02. The normalized spacial score (nSPS) is 10.4. The lowest BCUT2D eigenvalue weighted by Gasteiger charge is -2.12. The molecular formula is C15H17NO4. The Morgan fingerprint density at radius 3 is 2.40 bits per heavy atom. The summed E-state index contributed by atoms with van der Waals surface area (Å²) in [5.74, 6) is 1.51. The summed E-state index contributed by atoms with van der Waals surface area (Å²) in [7, 11) is 1.54. The lowest BCUT2D eigenvalue weighted by molar-refractivity contribution is 0.280. The molecule has 2 rings (SSSR count). The van der Waals surface area contributed by atoms with E-state index in [1.54, 1.807) is 31.5 Å². The Morgan fingerprint density at radius 1 is 1.05 bits per heavy atom. The number of aromatic nitrogens is 1. The Kier molecular flexibility index (Phi) is 4.55. The number of rotatable bonds is 5. The van der Waals surface area contributed by atoms with E-state index in [1.807, 2.05) is 13.0 Å². The van der Waals surface area contributed by atoms with Crippen molar-refractivity contribution in [3.8, 4) is 17.4 Å². The number of aliphatic hydroxyl groups excluding tert-OH is 2. The van der Waals surface area contributed by atoms with Crippen molar-refractivity contribution in [1.29, 1.82) is 0 Å². The number of nitrogens with zero attached hydrogens (tertiary/aromatic N) is 1. The Morgan fingerprint density at radius 2 is 1.80 bits per heavy atom. The molecule has 0 fully saturated rings. The molecule has 0 bridgehead atoms. The van der Waals surface area contributed by atoms with Gasteiger partial charge in [-0.1, -0.05) is 6.07 Å². The maximum absolute atomic E-state index is 9.11. The number of benzene rings is 1. The zero-order valence-corrected chi connectivity index (χ0v) is 11.5. The van der Waals surface area contributed by atoms with E-state index in [1.165, 1.54) is 0 Å². The van der Waals surface area contributed by atoms with Crippen LogP contribution in [0.5, 0.6) is 17.4 Å². The first-order valence-electron chi connectivity index (χ1n) is 6.20. The lowest BCUT2D eigenvalue weighted by atomic mass is 10.2. The van der Waals surface area contributed by atoms with Crippen molar-refractivity contribution >= 4 is 0 Å². The first-order valence-corrected chi connectivity index (χ1v) is 6.20. The highest BCUT2D eigenvalue weighted by Crippen LogP contribution is 2.32. The minimum absolute atomic E-state index is 0.0529. The van der Waals surface area contributed by atoms with E-state index in [0.717, 1.165) is 16.7 Å². The van der Waals surface area contributed by atoms with Crippen molar-refractivity contribution in [3.63, 3.8) is 0 Å². The van der Waals surface area contributed by atoms with Gasteiger partial charge in [-0.3, -0.25) is 0 Å². The van der Waals surface area contributed by atoms with Crippen molar-refractivity contribution in [3.05, 3.63) is 47.2 Å². The van der Waals surface area contributed by atoms with E-state index in [2.05, 4.69) is 4.98 Å². The predicted octanol–water partition coefficient (Wildman–Crippen LogP) is 2.18. The molecule has 1 heterocycles. The van der Waals surface area contributed by atoms with Gasteiger partial charge >= 0.3 is 0 Å². The van der Waals surface area contributed by atoms with Crippen molar-refractivity contribution in [2.24, 2.45) is 0 Å². The van der Waals surface area contributed by atoms with Crippen molar-refractivity contribution < 1.29 is 19.7 Å². The zero-order chi connectivity index (χ0) is 14.5. The number of pyridine rings is 1. The standard InChI is InChI=1S/C15H17NO4/c1-10-5-12(9-18)7-16-15(10)20-13-4-3-11(8-17)6-14(13)19-2/h3-7,17-18H,8-9H2,1-2H3. The average Bonchev–Trinajstić information content (AvgIpc) is 2.49. The molecule has 106 valence electrons. The fourth-order valence-electron chi connectivity index (χ4n) is 1.81. The second-order valence-electron chi connectivity index (χ2n) is 4.37. The van der Waals surface area contributed by atoms with Gasteiger partial charge in [-0.05, 0) is 36.2 Å². The molecule has 5 nitrogen and oxygen atoms in total. The quantitative estimate of drug-likeness (QED) is 0.875. The Labute approximate surface area is 117 Å². The fraction of sp³-hybridized carbons (Fsp3) is 0.267. The van der Waals surface area contributed by atoms with Gasteiger partial charge in [0.2, 0.25) is 5.88 Å². The first-order chi connectivity index (χ1) is 9.67. The van der Waals surface area contributed by atoms with E-state index < -0.39 is 0 Å². The molecule has 2 N–H and O–H groups in total. The lowest BCUT2D eigenvalue weighted by Crippen LogP contribution is -1.97. The number of aryl methyl sites for hydroxylation is 1. The van der Waals surface area contributed by atoms with E-state index >= 15 is 0 Å². The van der Waals surface area contributed by atoms with Crippen molar-refractivity contribution in [2.45, 2.75) is 20.1 Å². The highest BCUT2D eigenvalue weighted by Gasteiger charge is 2.10. The molecule has 0 unspecified atom stereocenters. The van der Waals surface area contributed by atoms with Crippen LogP contribution in [0, 0.1) is 6.92 Å². The minimum atomic E-state index is -0.0564. The van der Waals surface area contributed by atoms with E-state index in [4.69, 9.17) is 19.7 Å². The van der Waals surface area contributed by atoms with Crippen LogP contribution in [0.3, 0.4) is 0 Å². The largest absolute Gasteiger partial charge is 0.493 e. The van der Waals surface area contributed by atoms with Crippen LogP contribution in [0.25, 0.3) is 0 Å². The molecular weight excluding hydrogens is 258 g/mol. The molecule has 0 saturated carbocycles. The van der Waals surface area contributed by atoms with Crippen molar-refractivity contribution in [2.75, 3.05) is 7.11 Å². The van der Waals surface area contributed by atoms with Crippen LogP contribution in [-0.2, 0) is 13.2 Å².